The van der Waals surface area contributed by atoms with Gasteiger partial charge in [0.1, 0.15) is 0 Å². The first-order valence-corrected chi connectivity index (χ1v) is 13.0. The lowest BCUT2D eigenvalue weighted by molar-refractivity contribution is -0.119. The number of nitrogens with zero attached hydrogens (tertiary/aromatic N) is 3. The first kappa shape index (κ1) is 21.0. The van der Waals surface area contributed by atoms with Crippen molar-refractivity contribution in [1.29, 1.82) is 0 Å². The van der Waals surface area contributed by atoms with Crippen LogP contribution in [0.5, 0.6) is 0 Å². The number of aryl methyl sites for hydroxylation is 2. The third-order valence-corrected chi connectivity index (χ3v) is 8.70. The van der Waals surface area contributed by atoms with Crippen LogP contribution in [0.15, 0.2) is 36.4 Å². The second-order valence-corrected chi connectivity index (χ2v) is 10.7. The predicted molar refractivity (Wildman–Crippen MR) is 132 cm³/mol. The van der Waals surface area contributed by atoms with Crippen molar-refractivity contribution in [1.82, 2.24) is 9.88 Å². The van der Waals surface area contributed by atoms with Crippen LogP contribution >= 0.6 is 11.3 Å². The Bertz CT molecular complexity index is 1180. The molecule has 1 amide bonds. The van der Waals surface area contributed by atoms with Crippen LogP contribution in [-0.2, 0) is 17.6 Å². The topological polar surface area (TPSA) is 53.5 Å². The zero-order valence-corrected chi connectivity index (χ0v) is 19.7. The number of rotatable bonds is 5. The number of hydrogen-bond acceptors (Lipinski definition) is 5. The van der Waals surface area contributed by atoms with E-state index in [0.29, 0.717) is 18.8 Å². The van der Waals surface area contributed by atoms with Gasteiger partial charge in [0.05, 0.1) is 20.9 Å². The summed E-state index contributed by atoms with van der Waals surface area (Å²) in [4.78, 5) is 34.6. The quantitative estimate of drug-likeness (QED) is 0.505. The summed E-state index contributed by atoms with van der Waals surface area (Å²) in [5.41, 5.74) is 5.43. The van der Waals surface area contributed by atoms with Gasteiger partial charge in [0, 0.05) is 37.4 Å². The van der Waals surface area contributed by atoms with E-state index < -0.39 is 0 Å². The van der Waals surface area contributed by atoms with E-state index in [1.54, 1.807) is 0 Å². The number of piperidine rings is 1. The number of likely N-dealkylation sites (tertiary alicyclic amines) is 1. The molecule has 0 saturated carbocycles. The maximum Gasteiger partial charge on any atom is 0.227 e. The number of anilines is 1. The summed E-state index contributed by atoms with van der Waals surface area (Å²) < 4.78 is 1.28. The Hall–Kier alpha value is -2.57. The molecule has 3 aliphatic rings. The molecule has 1 fully saturated rings. The highest BCUT2D eigenvalue weighted by Crippen LogP contribution is 2.37. The van der Waals surface area contributed by atoms with Gasteiger partial charge in [0.15, 0.2) is 5.78 Å². The summed E-state index contributed by atoms with van der Waals surface area (Å²) in [7, 11) is 0. The fourth-order valence-electron chi connectivity index (χ4n) is 5.69. The van der Waals surface area contributed by atoms with Crippen molar-refractivity contribution >= 4 is 38.9 Å². The molecule has 1 saturated heterocycles. The molecule has 4 heterocycles. The van der Waals surface area contributed by atoms with Crippen molar-refractivity contribution in [2.45, 2.75) is 50.9 Å². The molecule has 0 aliphatic carbocycles. The first-order chi connectivity index (χ1) is 16.2. The van der Waals surface area contributed by atoms with Crippen LogP contribution < -0.4 is 4.90 Å². The summed E-state index contributed by atoms with van der Waals surface area (Å²) in [6.07, 6.45) is 6.06. The van der Waals surface area contributed by atoms with Crippen molar-refractivity contribution < 1.29 is 9.59 Å². The number of aromatic nitrogens is 1. The minimum absolute atomic E-state index is 0.233. The van der Waals surface area contributed by atoms with E-state index in [9.17, 15) is 9.59 Å². The molecule has 3 aliphatic heterocycles. The average molecular weight is 460 g/mol. The van der Waals surface area contributed by atoms with Crippen molar-refractivity contribution in [2.75, 3.05) is 31.1 Å². The summed E-state index contributed by atoms with van der Waals surface area (Å²) in [5.74, 6) is 1.00. The molecule has 6 rings (SSSR count). The molecule has 6 heteroatoms. The Morgan fingerprint density at radius 3 is 2.64 bits per heavy atom. The van der Waals surface area contributed by atoms with Crippen LogP contribution in [0.2, 0.25) is 0 Å². The van der Waals surface area contributed by atoms with Crippen molar-refractivity contribution in [3.63, 3.8) is 0 Å². The molecule has 2 aromatic carbocycles. The SMILES string of the molecule is O=C(CCN1CCC(c2nc3ccccc3s2)CC1)c1cc2c3c(c1)CCC(=O)N3CCC2. The molecule has 0 atom stereocenters. The number of benzene rings is 2. The van der Waals surface area contributed by atoms with Crippen molar-refractivity contribution in [3.05, 3.63) is 58.1 Å². The third-order valence-electron chi connectivity index (χ3n) is 7.50. The number of Topliss-reactive ketones (excluding diaryl/α,β-unsaturated/α-hetero) is 1. The lowest BCUT2D eigenvalue weighted by Gasteiger charge is -2.35. The molecule has 0 radical (unpaired) electrons. The molecular weight excluding hydrogens is 430 g/mol. The molecule has 5 nitrogen and oxygen atoms in total. The first-order valence-electron chi connectivity index (χ1n) is 12.2. The molecule has 33 heavy (non-hydrogen) atoms. The number of amides is 1. The van der Waals surface area contributed by atoms with Crippen LogP contribution in [0.25, 0.3) is 10.2 Å². The number of carbonyl (C=O) groups is 2. The average Bonchev–Trinajstić information content (AvgIpc) is 3.29. The van der Waals surface area contributed by atoms with Gasteiger partial charge in [-0.1, -0.05) is 12.1 Å². The van der Waals surface area contributed by atoms with E-state index in [4.69, 9.17) is 4.98 Å². The molecule has 3 aromatic rings. The molecule has 0 unspecified atom stereocenters. The Kier molecular flexibility index (Phi) is 5.51. The molecule has 0 spiro atoms. The van der Waals surface area contributed by atoms with Crippen molar-refractivity contribution in [2.24, 2.45) is 0 Å². The van der Waals surface area contributed by atoms with Crippen LogP contribution in [-0.4, -0.2) is 47.8 Å². The van der Waals surface area contributed by atoms with E-state index in [1.165, 1.54) is 20.8 Å². The fourth-order valence-corrected chi connectivity index (χ4v) is 6.82. The maximum absolute atomic E-state index is 13.1. The monoisotopic (exact) mass is 459 g/mol. The Morgan fingerprint density at radius 2 is 1.82 bits per heavy atom. The van der Waals surface area contributed by atoms with Crippen LogP contribution in [0.4, 0.5) is 5.69 Å². The molecule has 0 N–H and O–H groups in total. The molecule has 0 bridgehead atoms. The van der Waals surface area contributed by atoms with Crippen LogP contribution in [0.3, 0.4) is 0 Å². The Balaban J connectivity index is 1.07. The standard InChI is InChI=1S/C27H29N3O2S/c31-23(21-16-19-4-3-12-30-25(32)8-7-20(17-21)26(19)30)11-15-29-13-9-18(10-14-29)27-28-22-5-1-2-6-24(22)33-27/h1-2,5-6,16-18H,3-4,7-15H2. The maximum atomic E-state index is 13.1. The number of fused-ring (bicyclic) bond motifs is 1. The number of hydrogen-bond donors (Lipinski definition) is 0. The van der Waals surface area contributed by atoms with Gasteiger partial charge in [-0.3, -0.25) is 9.59 Å². The summed E-state index contributed by atoms with van der Waals surface area (Å²) in [6, 6.07) is 12.5. The molecular formula is C27H29N3O2S. The highest BCUT2D eigenvalue weighted by Gasteiger charge is 2.30. The van der Waals surface area contributed by atoms with Crippen LogP contribution in [0, 0.1) is 0 Å². The van der Waals surface area contributed by atoms with E-state index >= 15 is 0 Å². The number of thiazole rings is 1. The number of ketones is 1. The van der Waals surface area contributed by atoms with E-state index in [1.807, 2.05) is 16.2 Å². The minimum Gasteiger partial charge on any atom is -0.312 e. The Labute approximate surface area is 198 Å². The second kappa shape index (κ2) is 8.65. The highest BCUT2D eigenvalue weighted by atomic mass is 32.1. The van der Waals surface area contributed by atoms with Gasteiger partial charge in [0.2, 0.25) is 5.91 Å². The van der Waals surface area contributed by atoms with Gasteiger partial charge >= 0.3 is 0 Å². The van der Waals surface area contributed by atoms with E-state index in [-0.39, 0.29) is 11.7 Å². The summed E-state index contributed by atoms with van der Waals surface area (Å²) >= 11 is 1.83. The van der Waals surface area contributed by atoms with Gasteiger partial charge in [-0.2, -0.15) is 0 Å². The Morgan fingerprint density at radius 1 is 1.03 bits per heavy atom. The fraction of sp³-hybridized carbons (Fsp3) is 0.444. The molecule has 1 aromatic heterocycles. The summed E-state index contributed by atoms with van der Waals surface area (Å²) in [6.45, 7) is 3.70. The zero-order chi connectivity index (χ0) is 22.4. The lowest BCUT2D eigenvalue weighted by Crippen LogP contribution is -2.39. The van der Waals surface area contributed by atoms with Crippen LogP contribution in [0.1, 0.15) is 64.5 Å². The zero-order valence-electron chi connectivity index (χ0n) is 18.9. The highest BCUT2D eigenvalue weighted by molar-refractivity contribution is 7.18. The normalized spacial score (nSPS) is 19.2. The minimum atomic E-state index is 0.233. The van der Waals surface area contributed by atoms with Crippen molar-refractivity contribution in [3.8, 4) is 0 Å². The predicted octanol–water partition coefficient (Wildman–Crippen LogP) is 4.97. The van der Waals surface area contributed by atoms with Gasteiger partial charge in [0.25, 0.3) is 0 Å². The second-order valence-electron chi connectivity index (χ2n) is 9.60. The van der Waals surface area contributed by atoms with Gasteiger partial charge in [-0.15, -0.1) is 11.3 Å². The smallest absolute Gasteiger partial charge is 0.227 e. The lowest BCUT2D eigenvalue weighted by atomic mass is 9.88. The number of carbonyl (C=O) groups excluding carboxylic acids is 2. The summed E-state index contributed by atoms with van der Waals surface area (Å²) in [5, 5.41) is 1.27. The number of para-hydroxylation sites is 1. The molecule has 170 valence electrons. The van der Waals surface area contributed by atoms with E-state index in [2.05, 4.69) is 41.3 Å². The van der Waals surface area contributed by atoms with Gasteiger partial charge in [-0.25, -0.2) is 4.98 Å². The van der Waals surface area contributed by atoms with Gasteiger partial charge in [-0.05, 0) is 80.6 Å². The third kappa shape index (κ3) is 4.00. The van der Waals surface area contributed by atoms with E-state index in [0.717, 1.165) is 75.1 Å². The largest absolute Gasteiger partial charge is 0.312 e. The van der Waals surface area contributed by atoms with Gasteiger partial charge < -0.3 is 9.80 Å².